The van der Waals surface area contributed by atoms with Crippen molar-refractivity contribution in [1.29, 1.82) is 0 Å². The van der Waals surface area contributed by atoms with Crippen molar-refractivity contribution in [1.82, 2.24) is 9.47 Å². The third kappa shape index (κ3) is 7.21. The van der Waals surface area contributed by atoms with Crippen molar-refractivity contribution >= 4 is 0 Å². The molecule has 0 aliphatic heterocycles. The molecule has 1 rings (SSSR count). The van der Waals surface area contributed by atoms with Crippen LogP contribution in [-0.4, -0.2) is 27.7 Å². The topological polar surface area (TPSA) is 45.5 Å². The Balaban J connectivity index is 3.01. The summed E-state index contributed by atoms with van der Waals surface area (Å²) in [5.41, 5.74) is 0.713. The van der Waals surface area contributed by atoms with Crippen molar-refractivity contribution in [3.8, 4) is 5.75 Å². The summed E-state index contributed by atoms with van der Waals surface area (Å²) in [4.78, 5) is 14.3. The highest BCUT2D eigenvalue weighted by molar-refractivity contribution is 5.20. The van der Waals surface area contributed by atoms with E-state index in [4.69, 9.17) is 0 Å². The molecule has 0 bridgehead atoms. The number of aromatic nitrogens is 1. The van der Waals surface area contributed by atoms with E-state index < -0.39 is 0 Å². The van der Waals surface area contributed by atoms with E-state index in [2.05, 4.69) is 46.4 Å². The molecule has 4 heteroatoms. The lowest BCUT2D eigenvalue weighted by Gasteiger charge is -2.27. The van der Waals surface area contributed by atoms with E-state index in [1.165, 1.54) is 0 Å². The van der Waals surface area contributed by atoms with E-state index in [9.17, 15) is 9.90 Å². The number of aromatic hydroxyl groups is 1. The van der Waals surface area contributed by atoms with Crippen LogP contribution in [0.25, 0.3) is 0 Å². The van der Waals surface area contributed by atoms with Crippen molar-refractivity contribution in [2.45, 2.75) is 61.1 Å². The zero-order valence-electron chi connectivity index (χ0n) is 15.7. The zero-order chi connectivity index (χ0) is 17.6. The summed E-state index contributed by atoms with van der Waals surface area (Å²) in [6.07, 6.45) is 2.63. The molecule has 0 atom stereocenters. The van der Waals surface area contributed by atoms with Gasteiger partial charge in [0.25, 0.3) is 0 Å². The van der Waals surface area contributed by atoms with Crippen LogP contribution in [0.5, 0.6) is 5.75 Å². The van der Waals surface area contributed by atoms with Crippen molar-refractivity contribution in [3.63, 3.8) is 0 Å². The predicted molar refractivity (Wildman–Crippen MR) is 96.8 cm³/mol. The highest BCUT2D eigenvalue weighted by Crippen LogP contribution is 2.14. The summed E-state index contributed by atoms with van der Waals surface area (Å²) >= 11 is 0. The smallest absolute Gasteiger partial charge is 0.223 e. The lowest BCUT2D eigenvalue weighted by Crippen LogP contribution is -2.32. The van der Waals surface area contributed by atoms with E-state index >= 15 is 0 Å². The monoisotopic (exact) mass is 322 g/mol. The molecule has 0 radical (unpaired) electrons. The molecule has 0 saturated heterocycles. The Hall–Kier alpha value is -1.29. The van der Waals surface area contributed by atoms with Crippen molar-refractivity contribution in [2.75, 3.05) is 13.1 Å². The van der Waals surface area contributed by atoms with Crippen LogP contribution in [0.1, 0.15) is 53.7 Å². The number of aryl methyl sites for hydroxylation is 1. The Morgan fingerprint density at radius 1 is 1.04 bits per heavy atom. The number of hydrogen-bond donors (Lipinski definition) is 1. The Kier molecular flexibility index (Phi) is 7.83. The van der Waals surface area contributed by atoms with Gasteiger partial charge in [-0.1, -0.05) is 41.5 Å². The molecule has 0 unspecified atom stereocenters. The molecule has 0 spiro atoms. The average molecular weight is 322 g/mol. The Morgan fingerprint density at radius 2 is 1.61 bits per heavy atom. The normalized spacial score (nSPS) is 12.1. The first-order valence-corrected chi connectivity index (χ1v) is 8.83. The van der Waals surface area contributed by atoms with Crippen LogP contribution in [0.4, 0.5) is 0 Å². The standard InChI is InChI=1S/C19H34N2O2/c1-14(2)7-8-21-13-19(23)18(22)9-17(21)12-20(10-15(3)4)11-16(5)6/h9,13-16,23H,7-8,10-12H2,1-6H3. The third-order valence-corrected chi connectivity index (χ3v) is 3.78. The Labute approximate surface area is 141 Å². The number of rotatable bonds is 9. The Bertz CT molecular complexity index is 523. The highest BCUT2D eigenvalue weighted by atomic mass is 16.3. The van der Waals surface area contributed by atoms with Crippen LogP contribution >= 0.6 is 0 Å². The molecule has 4 nitrogen and oxygen atoms in total. The number of pyridine rings is 1. The minimum absolute atomic E-state index is 0.156. The van der Waals surface area contributed by atoms with Crippen LogP contribution in [-0.2, 0) is 13.1 Å². The van der Waals surface area contributed by atoms with Crippen LogP contribution in [0.2, 0.25) is 0 Å². The van der Waals surface area contributed by atoms with Crippen LogP contribution < -0.4 is 5.43 Å². The van der Waals surface area contributed by atoms with Gasteiger partial charge >= 0.3 is 0 Å². The van der Waals surface area contributed by atoms with Gasteiger partial charge in [0, 0.05) is 37.9 Å². The molecule has 0 aliphatic rings. The quantitative estimate of drug-likeness (QED) is 0.754. The number of nitrogens with zero attached hydrogens (tertiary/aromatic N) is 2. The van der Waals surface area contributed by atoms with Crippen LogP contribution in [0.3, 0.4) is 0 Å². The van der Waals surface area contributed by atoms with Gasteiger partial charge in [-0.2, -0.15) is 0 Å². The second kappa shape index (κ2) is 9.11. The second-order valence-corrected chi connectivity index (χ2v) is 7.87. The molecule has 1 N–H and O–H groups in total. The maximum Gasteiger partial charge on any atom is 0.223 e. The second-order valence-electron chi connectivity index (χ2n) is 7.87. The molecule has 0 aromatic carbocycles. The highest BCUT2D eigenvalue weighted by Gasteiger charge is 2.14. The summed E-state index contributed by atoms with van der Waals surface area (Å²) in [7, 11) is 0. The fraction of sp³-hybridized carbons (Fsp3) is 0.737. The van der Waals surface area contributed by atoms with Gasteiger partial charge in [0.1, 0.15) is 0 Å². The van der Waals surface area contributed by atoms with Gasteiger partial charge in [0.2, 0.25) is 5.43 Å². The third-order valence-electron chi connectivity index (χ3n) is 3.78. The average Bonchev–Trinajstić information content (AvgIpc) is 2.39. The van der Waals surface area contributed by atoms with E-state index in [0.29, 0.717) is 17.8 Å². The van der Waals surface area contributed by atoms with Crippen LogP contribution in [0, 0.1) is 17.8 Å². The lowest BCUT2D eigenvalue weighted by molar-refractivity contribution is 0.205. The van der Waals surface area contributed by atoms with Gasteiger partial charge in [-0.15, -0.1) is 0 Å². The van der Waals surface area contributed by atoms with Gasteiger partial charge in [-0.3, -0.25) is 9.69 Å². The first-order chi connectivity index (χ1) is 10.7. The fourth-order valence-electron chi connectivity index (χ4n) is 2.81. The molecule has 0 saturated carbocycles. The Morgan fingerprint density at radius 3 is 2.09 bits per heavy atom. The molecule has 1 aromatic rings. The minimum atomic E-state index is -0.283. The van der Waals surface area contributed by atoms with Gasteiger partial charge in [0.15, 0.2) is 5.75 Å². The number of hydrogen-bond acceptors (Lipinski definition) is 3. The summed E-state index contributed by atoms with van der Waals surface area (Å²) < 4.78 is 2.05. The summed E-state index contributed by atoms with van der Waals surface area (Å²) in [5, 5.41) is 9.77. The minimum Gasteiger partial charge on any atom is -0.503 e. The molecule has 23 heavy (non-hydrogen) atoms. The molecule has 0 aliphatic carbocycles. The zero-order valence-corrected chi connectivity index (χ0v) is 15.7. The molecule has 1 aromatic heterocycles. The van der Waals surface area contributed by atoms with E-state index in [1.54, 1.807) is 12.3 Å². The first-order valence-electron chi connectivity index (χ1n) is 8.83. The first kappa shape index (κ1) is 19.8. The molecule has 132 valence electrons. The SMILES string of the molecule is CC(C)CCn1cc(O)c(=O)cc1CN(CC(C)C)CC(C)C. The fourth-order valence-corrected chi connectivity index (χ4v) is 2.81. The van der Waals surface area contributed by atoms with Gasteiger partial charge in [-0.05, 0) is 24.2 Å². The van der Waals surface area contributed by atoms with Crippen LogP contribution in [0.15, 0.2) is 17.1 Å². The maximum absolute atomic E-state index is 11.9. The maximum atomic E-state index is 11.9. The summed E-state index contributed by atoms with van der Waals surface area (Å²) in [6, 6.07) is 1.60. The molecular formula is C19H34N2O2. The van der Waals surface area contributed by atoms with Crippen molar-refractivity contribution < 1.29 is 5.11 Å². The van der Waals surface area contributed by atoms with Gasteiger partial charge < -0.3 is 9.67 Å². The summed E-state index contributed by atoms with van der Waals surface area (Å²) in [6.45, 7) is 16.9. The lowest BCUT2D eigenvalue weighted by atomic mass is 10.1. The molecule has 0 amide bonds. The molecule has 0 fully saturated rings. The molecule has 1 heterocycles. The van der Waals surface area contributed by atoms with E-state index in [0.717, 1.165) is 38.3 Å². The van der Waals surface area contributed by atoms with Gasteiger partial charge in [0.05, 0.1) is 6.20 Å². The summed E-state index contributed by atoms with van der Waals surface area (Å²) in [5.74, 6) is 1.60. The predicted octanol–water partition coefficient (Wildman–Crippen LogP) is 3.71. The van der Waals surface area contributed by atoms with Crippen molar-refractivity contribution in [3.05, 3.63) is 28.2 Å². The van der Waals surface area contributed by atoms with E-state index in [-0.39, 0.29) is 11.2 Å². The van der Waals surface area contributed by atoms with E-state index in [1.807, 2.05) is 4.57 Å². The largest absolute Gasteiger partial charge is 0.503 e. The van der Waals surface area contributed by atoms with Crippen molar-refractivity contribution in [2.24, 2.45) is 17.8 Å². The molecular weight excluding hydrogens is 288 g/mol. The van der Waals surface area contributed by atoms with Gasteiger partial charge in [-0.25, -0.2) is 0 Å².